The van der Waals surface area contributed by atoms with E-state index in [1.165, 1.54) is 4.68 Å². The summed E-state index contributed by atoms with van der Waals surface area (Å²) in [5.41, 5.74) is 0.875. The Morgan fingerprint density at radius 1 is 1.75 bits per heavy atom. The maximum absolute atomic E-state index is 10.3. The zero-order valence-electron chi connectivity index (χ0n) is 6.90. The molecule has 0 atom stereocenters. The largest absolute Gasteiger partial charge is 0.480 e. The Kier molecular flexibility index (Phi) is 2.79. The van der Waals surface area contributed by atoms with E-state index in [0.717, 1.165) is 18.5 Å². The Morgan fingerprint density at radius 2 is 2.50 bits per heavy atom. The van der Waals surface area contributed by atoms with Crippen LogP contribution in [-0.4, -0.2) is 26.1 Å². The van der Waals surface area contributed by atoms with Crippen LogP contribution in [0.1, 0.15) is 19.0 Å². The predicted molar refractivity (Wildman–Crippen MR) is 41.7 cm³/mol. The fourth-order valence-electron chi connectivity index (χ4n) is 0.990. The van der Waals surface area contributed by atoms with Crippen molar-refractivity contribution < 1.29 is 9.90 Å². The van der Waals surface area contributed by atoms with Crippen LogP contribution in [0.2, 0.25) is 0 Å². The van der Waals surface area contributed by atoms with Gasteiger partial charge in [-0.05, 0) is 6.42 Å². The number of aromatic nitrogens is 3. The molecule has 5 heteroatoms. The molecule has 0 fully saturated rings. The monoisotopic (exact) mass is 169 g/mol. The molecule has 0 aliphatic rings. The number of hydrogen-bond donors (Lipinski definition) is 1. The zero-order chi connectivity index (χ0) is 8.97. The third-order valence-electron chi connectivity index (χ3n) is 1.49. The molecule has 1 heterocycles. The number of rotatable bonds is 4. The van der Waals surface area contributed by atoms with Crippen LogP contribution in [0.4, 0.5) is 0 Å². The second-order valence-electron chi connectivity index (χ2n) is 2.53. The Morgan fingerprint density at radius 3 is 3.08 bits per heavy atom. The summed E-state index contributed by atoms with van der Waals surface area (Å²) < 4.78 is 1.41. The highest BCUT2D eigenvalue weighted by Gasteiger charge is 2.05. The van der Waals surface area contributed by atoms with Gasteiger partial charge in [0.1, 0.15) is 6.54 Å². The van der Waals surface area contributed by atoms with Crippen LogP contribution >= 0.6 is 0 Å². The summed E-state index contributed by atoms with van der Waals surface area (Å²) in [5, 5.41) is 15.8. The van der Waals surface area contributed by atoms with Gasteiger partial charge in [-0.3, -0.25) is 4.79 Å². The summed E-state index contributed by atoms with van der Waals surface area (Å²) >= 11 is 0. The standard InChI is InChI=1S/C7H11N3O2/c1-2-3-6-4-8-9-10(6)5-7(11)12/h4H,2-3,5H2,1H3,(H,11,12). The van der Waals surface area contributed by atoms with Crippen molar-refractivity contribution in [1.82, 2.24) is 15.0 Å². The summed E-state index contributed by atoms with van der Waals surface area (Å²) in [6, 6.07) is 0. The van der Waals surface area contributed by atoms with Gasteiger partial charge in [0.15, 0.2) is 0 Å². The Balaban J connectivity index is 2.69. The summed E-state index contributed by atoms with van der Waals surface area (Å²) in [6.07, 6.45) is 3.39. The highest BCUT2D eigenvalue weighted by Crippen LogP contribution is 1.99. The average molecular weight is 169 g/mol. The van der Waals surface area contributed by atoms with E-state index in [9.17, 15) is 4.79 Å². The number of carbonyl (C=O) groups is 1. The molecule has 0 spiro atoms. The molecule has 1 aromatic heterocycles. The van der Waals surface area contributed by atoms with E-state index in [1.807, 2.05) is 6.92 Å². The molecular formula is C7H11N3O2. The third-order valence-corrected chi connectivity index (χ3v) is 1.49. The van der Waals surface area contributed by atoms with Crippen molar-refractivity contribution in [2.75, 3.05) is 0 Å². The van der Waals surface area contributed by atoms with Crippen LogP contribution in [-0.2, 0) is 17.8 Å². The molecule has 5 nitrogen and oxygen atoms in total. The molecule has 0 radical (unpaired) electrons. The minimum atomic E-state index is -0.891. The van der Waals surface area contributed by atoms with Gasteiger partial charge in [0.25, 0.3) is 0 Å². The van der Waals surface area contributed by atoms with Crippen LogP contribution in [0, 0.1) is 0 Å². The molecule has 0 aliphatic carbocycles. The summed E-state index contributed by atoms with van der Waals surface area (Å²) in [6.45, 7) is 1.92. The van der Waals surface area contributed by atoms with Crippen LogP contribution in [0.25, 0.3) is 0 Å². The number of aliphatic carboxylic acids is 1. The van der Waals surface area contributed by atoms with Gasteiger partial charge in [-0.25, -0.2) is 4.68 Å². The lowest BCUT2D eigenvalue weighted by Gasteiger charge is -1.99. The van der Waals surface area contributed by atoms with E-state index >= 15 is 0 Å². The van der Waals surface area contributed by atoms with Crippen molar-refractivity contribution in [2.24, 2.45) is 0 Å². The first kappa shape index (κ1) is 8.70. The first-order chi connectivity index (χ1) is 5.74. The normalized spacial score (nSPS) is 10.1. The van der Waals surface area contributed by atoms with Gasteiger partial charge in [-0.2, -0.15) is 0 Å². The second-order valence-corrected chi connectivity index (χ2v) is 2.53. The van der Waals surface area contributed by atoms with E-state index in [0.29, 0.717) is 0 Å². The molecule has 0 saturated heterocycles. The Hall–Kier alpha value is -1.39. The molecule has 66 valence electrons. The van der Waals surface area contributed by atoms with Gasteiger partial charge in [0.2, 0.25) is 0 Å². The summed E-state index contributed by atoms with van der Waals surface area (Å²) in [5.74, 6) is -0.891. The maximum Gasteiger partial charge on any atom is 0.325 e. The predicted octanol–water partition coefficient (Wildman–Crippen LogP) is 0.315. The fraction of sp³-hybridized carbons (Fsp3) is 0.571. The van der Waals surface area contributed by atoms with Crippen molar-refractivity contribution in [2.45, 2.75) is 26.3 Å². The molecular weight excluding hydrogens is 158 g/mol. The lowest BCUT2D eigenvalue weighted by Crippen LogP contribution is -2.12. The fourth-order valence-corrected chi connectivity index (χ4v) is 0.990. The number of carboxylic acid groups (broad SMARTS) is 1. The minimum absolute atomic E-state index is 0.102. The van der Waals surface area contributed by atoms with Crippen LogP contribution < -0.4 is 0 Å². The van der Waals surface area contributed by atoms with E-state index in [4.69, 9.17) is 5.11 Å². The molecule has 1 N–H and O–H groups in total. The maximum atomic E-state index is 10.3. The lowest BCUT2D eigenvalue weighted by molar-refractivity contribution is -0.137. The van der Waals surface area contributed by atoms with E-state index in [1.54, 1.807) is 6.20 Å². The molecule has 12 heavy (non-hydrogen) atoms. The Bertz CT molecular complexity index is 269. The van der Waals surface area contributed by atoms with Gasteiger partial charge in [-0.1, -0.05) is 18.6 Å². The van der Waals surface area contributed by atoms with E-state index < -0.39 is 5.97 Å². The average Bonchev–Trinajstić information content (AvgIpc) is 2.37. The first-order valence-electron chi connectivity index (χ1n) is 3.83. The van der Waals surface area contributed by atoms with Crippen LogP contribution in [0.3, 0.4) is 0 Å². The first-order valence-corrected chi connectivity index (χ1v) is 3.83. The summed E-state index contributed by atoms with van der Waals surface area (Å²) in [4.78, 5) is 10.3. The number of carboxylic acids is 1. The van der Waals surface area contributed by atoms with Crippen LogP contribution in [0.5, 0.6) is 0 Å². The molecule has 0 aliphatic heterocycles. The van der Waals surface area contributed by atoms with Gasteiger partial charge >= 0.3 is 5.97 Å². The second kappa shape index (κ2) is 3.85. The van der Waals surface area contributed by atoms with E-state index in [2.05, 4.69) is 10.3 Å². The smallest absolute Gasteiger partial charge is 0.325 e. The highest BCUT2D eigenvalue weighted by atomic mass is 16.4. The molecule has 0 amide bonds. The molecule has 0 aromatic carbocycles. The molecule has 0 unspecified atom stereocenters. The number of nitrogens with zero attached hydrogens (tertiary/aromatic N) is 3. The minimum Gasteiger partial charge on any atom is -0.480 e. The van der Waals surface area contributed by atoms with Gasteiger partial charge in [0, 0.05) is 0 Å². The molecule has 0 saturated carbocycles. The van der Waals surface area contributed by atoms with Crippen molar-refractivity contribution >= 4 is 5.97 Å². The zero-order valence-corrected chi connectivity index (χ0v) is 6.90. The SMILES string of the molecule is CCCc1cnnn1CC(=O)O. The molecule has 0 bridgehead atoms. The van der Waals surface area contributed by atoms with Crippen molar-refractivity contribution in [1.29, 1.82) is 0 Å². The topological polar surface area (TPSA) is 68.0 Å². The van der Waals surface area contributed by atoms with Gasteiger partial charge < -0.3 is 5.11 Å². The van der Waals surface area contributed by atoms with Crippen molar-refractivity contribution in [3.05, 3.63) is 11.9 Å². The van der Waals surface area contributed by atoms with Gasteiger partial charge in [0.05, 0.1) is 11.9 Å². The quantitative estimate of drug-likeness (QED) is 0.704. The number of aryl methyl sites for hydroxylation is 1. The van der Waals surface area contributed by atoms with E-state index in [-0.39, 0.29) is 6.54 Å². The summed E-state index contributed by atoms with van der Waals surface area (Å²) in [7, 11) is 0. The molecule has 1 aromatic rings. The highest BCUT2D eigenvalue weighted by molar-refractivity contribution is 5.66. The number of hydrogen-bond acceptors (Lipinski definition) is 3. The Labute approximate surface area is 70.0 Å². The van der Waals surface area contributed by atoms with Crippen molar-refractivity contribution in [3.63, 3.8) is 0 Å². The van der Waals surface area contributed by atoms with Crippen molar-refractivity contribution in [3.8, 4) is 0 Å². The van der Waals surface area contributed by atoms with Gasteiger partial charge in [-0.15, -0.1) is 5.10 Å². The lowest BCUT2D eigenvalue weighted by atomic mass is 10.3. The third kappa shape index (κ3) is 2.05. The van der Waals surface area contributed by atoms with Crippen LogP contribution in [0.15, 0.2) is 6.20 Å². The molecule has 1 rings (SSSR count).